The SMILES string of the molecule is COC(=O)c1nn(-c2cc(F)c(C)cc2F)cc(C)c1=O. The Kier molecular flexibility index (Phi) is 3.84. The van der Waals surface area contributed by atoms with Crippen LogP contribution in [-0.2, 0) is 4.74 Å². The van der Waals surface area contributed by atoms with E-state index in [1.54, 1.807) is 0 Å². The van der Waals surface area contributed by atoms with Crippen molar-refractivity contribution in [1.29, 1.82) is 0 Å². The largest absolute Gasteiger partial charge is 0.464 e. The molecule has 0 unspecified atom stereocenters. The number of esters is 1. The number of aryl methyl sites for hydroxylation is 2. The van der Waals surface area contributed by atoms with E-state index >= 15 is 0 Å². The number of carbonyl (C=O) groups excluding carboxylic acids is 1. The third-order valence-corrected chi connectivity index (χ3v) is 2.95. The van der Waals surface area contributed by atoms with Crippen molar-refractivity contribution >= 4 is 5.97 Å². The first kappa shape index (κ1) is 14.8. The van der Waals surface area contributed by atoms with Crippen molar-refractivity contribution in [3.8, 4) is 5.69 Å². The monoisotopic (exact) mass is 294 g/mol. The van der Waals surface area contributed by atoms with E-state index in [-0.39, 0.29) is 16.8 Å². The zero-order chi connectivity index (χ0) is 15.7. The molecule has 2 rings (SSSR count). The van der Waals surface area contributed by atoms with Crippen molar-refractivity contribution in [2.24, 2.45) is 0 Å². The summed E-state index contributed by atoms with van der Waals surface area (Å²) in [7, 11) is 1.10. The van der Waals surface area contributed by atoms with Gasteiger partial charge in [0.15, 0.2) is 0 Å². The second kappa shape index (κ2) is 5.43. The molecule has 5 nitrogen and oxygen atoms in total. The Morgan fingerprint density at radius 3 is 2.48 bits per heavy atom. The van der Waals surface area contributed by atoms with E-state index in [1.807, 2.05) is 0 Å². The first-order chi connectivity index (χ1) is 9.85. The number of nitrogens with zero attached hydrogens (tertiary/aromatic N) is 2. The number of halogens is 2. The third-order valence-electron chi connectivity index (χ3n) is 2.95. The molecule has 0 atom stereocenters. The van der Waals surface area contributed by atoms with Crippen LogP contribution >= 0.6 is 0 Å². The highest BCUT2D eigenvalue weighted by Crippen LogP contribution is 2.17. The predicted octanol–water partition coefficient (Wildman–Crippen LogP) is 1.91. The van der Waals surface area contributed by atoms with Crippen LogP contribution in [0.5, 0.6) is 0 Å². The number of hydrogen-bond acceptors (Lipinski definition) is 4. The second-order valence-corrected chi connectivity index (χ2v) is 4.48. The molecular formula is C14H12F2N2O3. The number of benzene rings is 1. The highest BCUT2D eigenvalue weighted by atomic mass is 19.1. The fraction of sp³-hybridized carbons (Fsp3) is 0.214. The molecule has 1 aromatic carbocycles. The Hall–Kier alpha value is -2.57. The molecular weight excluding hydrogens is 282 g/mol. The number of rotatable bonds is 2. The van der Waals surface area contributed by atoms with Crippen molar-refractivity contribution in [3.05, 3.63) is 57.0 Å². The van der Waals surface area contributed by atoms with Crippen LogP contribution in [-0.4, -0.2) is 22.9 Å². The van der Waals surface area contributed by atoms with Gasteiger partial charge in [-0.1, -0.05) is 0 Å². The van der Waals surface area contributed by atoms with Crippen LogP contribution in [0.15, 0.2) is 23.1 Å². The minimum Gasteiger partial charge on any atom is -0.464 e. The summed E-state index contributed by atoms with van der Waals surface area (Å²) < 4.78 is 32.9. The zero-order valence-corrected chi connectivity index (χ0v) is 11.6. The van der Waals surface area contributed by atoms with Crippen molar-refractivity contribution < 1.29 is 18.3 Å². The summed E-state index contributed by atoms with van der Waals surface area (Å²) in [4.78, 5) is 23.3. The highest BCUT2D eigenvalue weighted by molar-refractivity contribution is 5.87. The van der Waals surface area contributed by atoms with Crippen LogP contribution in [0, 0.1) is 25.5 Å². The minimum atomic E-state index is -0.939. The normalized spacial score (nSPS) is 10.5. The molecule has 2 aromatic rings. The lowest BCUT2D eigenvalue weighted by Gasteiger charge is -2.10. The molecule has 0 N–H and O–H groups in total. The van der Waals surface area contributed by atoms with Crippen LogP contribution < -0.4 is 5.43 Å². The van der Waals surface area contributed by atoms with Crippen molar-refractivity contribution in [2.75, 3.05) is 7.11 Å². The van der Waals surface area contributed by atoms with Gasteiger partial charge in [-0.05, 0) is 25.5 Å². The summed E-state index contributed by atoms with van der Waals surface area (Å²) in [5.41, 5.74) is -1.01. The van der Waals surface area contributed by atoms with E-state index in [0.29, 0.717) is 0 Å². The summed E-state index contributed by atoms with van der Waals surface area (Å²) in [5, 5.41) is 3.73. The summed E-state index contributed by atoms with van der Waals surface area (Å²) in [6.07, 6.45) is 1.22. The van der Waals surface area contributed by atoms with Gasteiger partial charge in [-0.15, -0.1) is 0 Å². The topological polar surface area (TPSA) is 61.2 Å². The fourth-order valence-electron chi connectivity index (χ4n) is 1.78. The molecule has 7 heteroatoms. The molecule has 1 heterocycles. The Morgan fingerprint density at radius 1 is 1.19 bits per heavy atom. The second-order valence-electron chi connectivity index (χ2n) is 4.48. The first-order valence-electron chi connectivity index (χ1n) is 6.00. The van der Waals surface area contributed by atoms with Gasteiger partial charge >= 0.3 is 5.97 Å². The van der Waals surface area contributed by atoms with E-state index in [9.17, 15) is 18.4 Å². The van der Waals surface area contributed by atoms with Gasteiger partial charge in [0, 0.05) is 17.8 Å². The number of methoxy groups -OCH3 is 1. The van der Waals surface area contributed by atoms with E-state index in [4.69, 9.17) is 0 Å². The maximum atomic E-state index is 13.9. The van der Waals surface area contributed by atoms with Crippen LogP contribution in [0.4, 0.5) is 8.78 Å². The maximum absolute atomic E-state index is 13.9. The standard InChI is InChI=1S/C14H12F2N2O3/c1-7-4-10(16)11(5-9(7)15)18-6-8(2)13(19)12(17-18)14(20)21-3/h4-6H,1-3H3. The summed E-state index contributed by atoms with van der Waals surface area (Å²) >= 11 is 0. The Balaban J connectivity index is 2.71. The van der Waals surface area contributed by atoms with E-state index in [1.165, 1.54) is 20.0 Å². The molecule has 0 aliphatic rings. The molecule has 0 saturated heterocycles. The zero-order valence-electron chi connectivity index (χ0n) is 11.6. The molecule has 110 valence electrons. The number of aromatic nitrogens is 2. The van der Waals surface area contributed by atoms with E-state index in [0.717, 1.165) is 23.9 Å². The van der Waals surface area contributed by atoms with Crippen LogP contribution in [0.3, 0.4) is 0 Å². The lowest BCUT2D eigenvalue weighted by Crippen LogP contribution is -2.24. The number of carbonyl (C=O) groups is 1. The molecule has 0 radical (unpaired) electrons. The molecule has 0 saturated carbocycles. The molecule has 1 aromatic heterocycles. The summed E-state index contributed by atoms with van der Waals surface area (Å²) in [5.74, 6) is -2.28. The smallest absolute Gasteiger partial charge is 0.362 e. The Bertz CT molecular complexity index is 785. The van der Waals surface area contributed by atoms with Crippen LogP contribution in [0.1, 0.15) is 21.6 Å². The average Bonchev–Trinajstić information content (AvgIpc) is 2.45. The molecule has 21 heavy (non-hydrogen) atoms. The lowest BCUT2D eigenvalue weighted by molar-refractivity contribution is 0.0590. The highest BCUT2D eigenvalue weighted by Gasteiger charge is 2.18. The molecule has 0 aliphatic heterocycles. The Morgan fingerprint density at radius 2 is 1.86 bits per heavy atom. The van der Waals surface area contributed by atoms with Gasteiger partial charge in [-0.2, -0.15) is 5.10 Å². The minimum absolute atomic E-state index is 0.141. The summed E-state index contributed by atoms with van der Waals surface area (Å²) in [6.45, 7) is 2.86. The average molecular weight is 294 g/mol. The number of ether oxygens (including phenoxy) is 1. The predicted molar refractivity (Wildman–Crippen MR) is 70.6 cm³/mol. The quantitative estimate of drug-likeness (QED) is 0.794. The van der Waals surface area contributed by atoms with Gasteiger partial charge in [0.1, 0.15) is 17.3 Å². The Labute approximate surface area is 118 Å². The molecule has 0 spiro atoms. The van der Waals surface area contributed by atoms with Crippen LogP contribution in [0.25, 0.3) is 5.69 Å². The number of hydrogen-bond donors (Lipinski definition) is 0. The van der Waals surface area contributed by atoms with Crippen molar-refractivity contribution in [2.45, 2.75) is 13.8 Å². The molecule has 0 fully saturated rings. The van der Waals surface area contributed by atoms with Gasteiger partial charge in [0.05, 0.1) is 7.11 Å². The molecule has 0 aliphatic carbocycles. The molecule has 0 bridgehead atoms. The first-order valence-corrected chi connectivity index (χ1v) is 6.00. The van der Waals surface area contributed by atoms with Gasteiger partial charge in [-0.3, -0.25) is 4.79 Å². The third kappa shape index (κ3) is 2.67. The van der Waals surface area contributed by atoms with Crippen LogP contribution in [0.2, 0.25) is 0 Å². The van der Waals surface area contributed by atoms with Crippen molar-refractivity contribution in [3.63, 3.8) is 0 Å². The van der Waals surface area contributed by atoms with Gasteiger partial charge in [0.2, 0.25) is 11.1 Å². The van der Waals surface area contributed by atoms with Gasteiger partial charge in [-0.25, -0.2) is 18.3 Å². The van der Waals surface area contributed by atoms with Crippen molar-refractivity contribution in [1.82, 2.24) is 9.78 Å². The maximum Gasteiger partial charge on any atom is 0.362 e. The van der Waals surface area contributed by atoms with E-state index in [2.05, 4.69) is 9.84 Å². The lowest BCUT2D eigenvalue weighted by atomic mass is 10.2. The van der Waals surface area contributed by atoms with E-state index < -0.39 is 28.7 Å². The van der Waals surface area contributed by atoms with Gasteiger partial charge in [0.25, 0.3) is 0 Å². The van der Waals surface area contributed by atoms with Gasteiger partial charge < -0.3 is 4.74 Å². The summed E-state index contributed by atoms with van der Waals surface area (Å²) in [6, 6.07) is 1.96. The molecule has 0 amide bonds. The fourth-order valence-corrected chi connectivity index (χ4v) is 1.78.